The van der Waals surface area contributed by atoms with Crippen molar-refractivity contribution in [2.75, 3.05) is 20.1 Å². The maximum atomic E-state index is 9.70. The first-order chi connectivity index (χ1) is 10.2. The molecule has 3 nitrogen and oxygen atoms in total. The lowest BCUT2D eigenvalue weighted by Gasteiger charge is -2.46. The van der Waals surface area contributed by atoms with Crippen molar-refractivity contribution in [1.29, 1.82) is 0 Å². The number of nitrogens with one attached hydrogen (secondary N) is 1. The van der Waals surface area contributed by atoms with E-state index >= 15 is 0 Å². The van der Waals surface area contributed by atoms with Gasteiger partial charge < -0.3 is 10.4 Å². The van der Waals surface area contributed by atoms with Crippen molar-refractivity contribution in [1.82, 2.24) is 10.2 Å². The first-order valence-electron chi connectivity index (χ1n) is 8.36. The van der Waals surface area contributed by atoms with Gasteiger partial charge in [0.05, 0.1) is 0 Å². The van der Waals surface area contributed by atoms with Crippen LogP contribution in [0.25, 0.3) is 0 Å². The van der Waals surface area contributed by atoms with Gasteiger partial charge in [0, 0.05) is 11.6 Å². The molecule has 1 fully saturated rings. The van der Waals surface area contributed by atoms with E-state index in [4.69, 9.17) is 0 Å². The highest BCUT2D eigenvalue weighted by atomic mass is 16.3. The average molecular weight is 290 g/mol. The highest BCUT2D eigenvalue weighted by Gasteiger charge is 2.44. The molecule has 1 unspecified atom stereocenters. The van der Waals surface area contributed by atoms with E-state index in [9.17, 15) is 5.11 Å². The first kappa shape index (κ1) is 16.3. The van der Waals surface area contributed by atoms with E-state index in [1.165, 1.54) is 31.2 Å². The fourth-order valence-corrected chi connectivity index (χ4v) is 4.21. The highest BCUT2D eigenvalue weighted by molar-refractivity contribution is 5.28. The van der Waals surface area contributed by atoms with Crippen molar-refractivity contribution in [3.8, 4) is 5.75 Å². The Labute approximate surface area is 129 Å². The van der Waals surface area contributed by atoms with E-state index in [2.05, 4.69) is 37.2 Å². The third-order valence-corrected chi connectivity index (χ3v) is 5.21. The third-order valence-electron chi connectivity index (χ3n) is 5.21. The molecule has 0 aliphatic heterocycles. The number of hydrogen-bond donors (Lipinski definition) is 2. The van der Waals surface area contributed by atoms with Crippen LogP contribution >= 0.6 is 0 Å². The molecule has 0 heterocycles. The van der Waals surface area contributed by atoms with Gasteiger partial charge in [-0.1, -0.05) is 38.8 Å². The Hall–Kier alpha value is -1.06. The monoisotopic (exact) mass is 290 g/mol. The van der Waals surface area contributed by atoms with E-state index in [-0.39, 0.29) is 5.54 Å². The summed E-state index contributed by atoms with van der Waals surface area (Å²) in [4.78, 5) is 2.64. The van der Waals surface area contributed by atoms with Crippen LogP contribution in [0, 0.1) is 0 Å². The minimum Gasteiger partial charge on any atom is -0.508 e. The summed E-state index contributed by atoms with van der Waals surface area (Å²) in [6.07, 6.45) is 6.18. The molecule has 1 aliphatic rings. The molecule has 1 aliphatic carbocycles. The van der Waals surface area contributed by atoms with Crippen LogP contribution in [0.1, 0.15) is 45.1 Å². The number of phenolic OH excluding ortho intramolecular Hbond substituents is 1. The molecule has 2 N–H and O–H groups in total. The molecule has 0 amide bonds. The summed E-state index contributed by atoms with van der Waals surface area (Å²) in [7, 11) is 2.08. The standard InChI is InChI=1S/C18H30N2O/c1-4-20(5-2)18(11-6-7-12-18)17(19-3)14-15-9-8-10-16(21)13-15/h8-10,13,17,19,21H,4-7,11-12,14H2,1-3H3. The lowest BCUT2D eigenvalue weighted by molar-refractivity contribution is 0.0658. The lowest BCUT2D eigenvalue weighted by atomic mass is 9.82. The number of hydrogen-bond acceptors (Lipinski definition) is 3. The van der Waals surface area contributed by atoms with Crippen LogP contribution in [0.2, 0.25) is 0 Å². The summed E-state index contributed by atoms with van der Waals surface area (Å²) in [6, 6.07) is 8.13. The van der Waals surface area contributed by atoms with Gasteiger partial charge in [-0.15, -0.1) is 0 Å². The molecule has 118 valence electrons. The topological polar surface area (TPSA) is 35.5 Å². The fraction of sp³-hybridized carbons (Fsp3) is 0.667. The Morgan fingerprint density at radius 2 is 1.90 bits per heavy atom. The van der Waals surface area contributed by atoms with Gasteiger partial charge in [0.15, 0.2) is 0 Å². The molecule has 1 saturated carbocycles. The molecule has 1 aromatic carbocycles. The normalized spacial score (nSPS) is 19.0. The Bertz CT molecular complexity index is 437. The second-order valence-corrected chi connectivity index (χ2v) is 6.20. The SMILES string of the molecule is CCN(CC)C1(C(Cc2cccc(O)c2)NC)CCCC1. The quantitative estimate of drug-likeness (QED) is 0.809. The van der Waals surface area contributed by atoms with Crippen LogP contribution in [-0.4, -0.2) is 41.7 Å². The van der Waals surface area contributed by atoms with Gasteiger partial charge in [-0.25, -0.2) is 0 Å². The Kier molecular flexibility index (Phi) is 5.65. The molecular weight excluding hydrogens is 260 g/mol. The molecule has 21 heavy (non-hydrogen) atoms. The number of rotatable bonds is 7. The number of nitrogens with zero attached hydrogens (tertiary/aromatic N) is 1. The zero-order valence-corrected chi connectivity index (χ0v) is 13.7. The summed E-state index contributed by atoms with van der Waals surface area (Å²) in [5.41, 5.74) is 1.48. The van der Waals surface area contributed by atoms with Gasteiger partial charge >= 0.3 is 0 Å². The van der Waals surface area contributed by atoms with Gasteiger partial charge in [0.2, 0.25) is 0 Å². The Morgan fingerprint density at radius 1 is 1.24 bits per heavy atom. The maximum Gasteiger partial charge on any atom is 0.115 e. The molecule has 3 heteroatoms. The highest BCUT2D eigenvalue weighted by Crippen LogP contribution is 2.39. The predicted octanol–water partition coefficient (Wildman–Crippen LogP) is 3.18. The molecule has 2 rings (SSSR count). The molecule has 0 bridgehead atoms. The van der Waals surface area contributed by atoms with E-state index in [0.717, 1.165) is 19.5 Å². The largest absolute Gasteiger partial charge is 0.508 e. The fourth-order valence-electron chi connectivity index (χ4n) is 4.21. The molecule has 1 atom stereocenters. The minimum atomic E-state index is 0.268. The van der Waals surface area contributed by atoms with Crippen LogP contribution in [0.5, 0.6) is 5.75 Å². The maximum absolute atomic E-state index is 9.70. The van der Waals surface area contributed by atoms with Crippen molar-refractivity contribution in [2.45, 2.75) is 57.5 Å². The smallest absolute Gasteiger partial charge is 0.115 e. The number of benzene rings is 1. The molecule has 0 radical (unpaired) electrons. The molecular formula is C18H30N2O. The predicted molar refractivity (Wildman–Crippen MR) is 88.8 cm³/mol. The number of phenols is 1. The second-order valence-electron chi connectivity index (χ2n) is 6.20. The van der Waals surface area contributed by atoms with Crippen molar-refractivity contribution >= 4 is 0 Å². The minimum absolute atomic E-state index is 0.268. The van der Waals surface area contributed by atoms with E-state index in [1.807, 2.05) is 12.1 Å². The van der Waals surface area contributed by atoms with Crippen molar-refractivity contribution in [3.05, 3.63) is 29.8 Å². The number of likely N-dealkylation sites (N-methyl/N-ethyl adjacent to an activating group) is 2. The van der Waals surface area contributed by atoms with E-state index in [0.29, 0.717) is 11.8 Å². The summed E-state index contributed by atoms with van der Waals surface area (Å²) >= 11 is 0. The lowest BCUT2D eigenvalue weighted by Crippen LogP contribution is -2.60. The van der Waals surface area contributed by atoms with Gasteiger partial charge in [0.1, 0.15) is 5.75 Å². The molecule has 1 aromatic rings. The van der Waals surface area contributed by atoms with Crippen LogP contribution < -0.4 is 5.32 Å². The van der Waals surface area contributed by atoms with Gasteiger partial charge in [-0.3, -0.25) is 4.90 Å². The van der Waals surface area contributed by atoms with Crippen LogP contribution in [-0.2, 0) is 6.42 Å². The number of aromatic hydroxyl groups is 1. The van der Waals surface area contributed by atoms with Gasteiger partial charge in [-0.05, 0) is 57.1 Å². The summed E-state index contributed by atoms with van der Waals surface area (Å²) in [6.45, 7) is 6.75. The van der Waals surface area contributed by atoms with Crippen LogP contribution in [0.15, 0.2) is 24.3 Å². The summed E-state index contributed by atoms with van der Waals surface area (Å²) in [5, 5.41) is 13.3. The average Bonchev–Trinajstić information content (AvgIpc) is 2.96. The van der Waals surface area contributed by atoms with Crippen molar-refractivity contribution < 1.29 is 5.11 Å². The zero-order valence-electron chi connectivity index (χ0n) is 13.7. The van der Waals surface area contributed by atoms with Crippen LogP contribution in [0.3, 0.4) is 0 Å². The molecule has 0 saturated heterocycles. The summed E-state index contributed by atoms with van der Waals surface area (Å²) in [5.74, 6) is 0.366. The first-order valence-corrected chi connectivity index (χ1v) is 8.36. The third kappa shape index (κ3) is 3.41. The Balaban J connectivity index is 2.24. The zero-order chi connectivity index (χ0) is 15.3. The Morgan fingerprint density at radius 3 is 2.43 bits per heavy atom. The van der Waals surface area contributed by atoms with Crippen LogP contribution in [0.4, 0.5) is 0 Å². The van der Waals surface area contributed by atoms with Gasteiger partial charge in [0.25, 0.3) is 0 Å². The van der Waals surface area contributed by atoms with E-state index in [1.54, 1.807) is 6.07 Å². The van der Waals surface area contributed by atoms with E-state index < -0.39 is 0 Å². The molecule has 0 aromatic heterocycles. The van der Waals surface area contributed by atoms with Crippen molar-refractivity contribution in [3.63, 3.8) is 0 Å². The molecule has 0 spiro atoms. The van der Waals surface area contributed by atoms with Gasteiger partial charge in [-0.2, -0.15) is 0 Å². The van der Waals surface area contributed by atoms with Crippen molar-refractivity contribution in [2.24, 2.45) is 0 Å². The summed E-state index contributed by atoms with van der Waals surface area (Å²) < 4.78 is 0. The second kappa shape index (κ2) is 7.28.